The van der Waals surface area contributed by atoms with E-state index in [2.05, 4.69) is 4.98 Å². The van der Waals surface area contributed by atoms with Gasteiger partial charge in [0.15, 0.2) is 0 Å². The molecule has 0 aliphatic rings. The predicted molar refractivity (Wildman–Crippen MR) is 99.4 cm³/mol. The van der Waals surface area contributed by atoms with Crippen LogP contribution in [0.1, 0.15) is 29.8 Å². The van der Waals surface area contributed by atoms with E-state index in [9.17, 15) is 18.0 Å². The van der Waals surface area contributed by atoms with Crippen LogP contribution in [0.15, 0.2) is 54.6 Å². The van der Waals surface area contributed by atoms with Crippen molar-refractivity contribution in [3.63, 3.8) is 0 Å². The molecule has 0 aliphatic heterocycles. The van der Waals surface area contributed by atoms with Crippen LogP contribution in [-0.2, 0) is 6.18 Å². The maximum Gasteiger partial charge on any atom is 0.418 e. The van der Waals surface area contributed by atoms with Crippen LogP contribution < -0.4 is 0 Å². The minimum atomic E-state index is -4.56. The van der Waals surface area contributed by atoms with Crippen molar-refractivity contribution in [1.82, 2.24) is 9.88 Å². The number of amides is 1. The molecule has 0 atom stereocenters. The molecule has 0 unspecified atom stereocenters. The fraction of sp³-hybridized carbons (Fsp3) is 0.238. The van der Waals surface area contributed by atoms with E-state index in [0.29, 0.717) is 24.3 Å². The lowest BCUT2D eigenvalue weighted by atomic mass is 10.00. The van der Waals surface area contributed by atoms with E-state index in [1.54, 1.807) is 35.2 Å². The van der Waals surface area contributed by atoms with Gasteiger partial charge < -0.3 is 4.90 Å². The zero-order chi connectivity index (χ0) is 19.6. The van der Waals surface area contributed by atoms with Crippen molar-refractivity contribution in [1.29, 1.82) is 0 Å². The predicted octanol–water partition coefficient (Wildman–Crippen LogP) is 5.40. The molecule has 1 aromatic heterocycles. The fourth-order valence-corrected chi connectivity index (χ4v) is 3.09. The second-order valence-electron chi connectivity index (χ2n) is 6.10. The molecule has 1 amide bonds. The van der Waals surface area contributed by atoms with Crippen LogP contribution in [0.2, 0.25) is 0 Å². The van der Waals surface area contributed by atoms with Gasteiger partial charge in [-0.05, 0) is 26.0 Å². The number of nitrogens with zero attached hydrogens (tertiary/aromatic N) is 2. The third kappa shape index (κ3) is 3.65. The molecule has 3 rings (SSSR count). The van der Waals surface area contributed by atoms with Gasteiger partial charge in [-0.15, -0.1) is 0 Å². The molecule has 6 heteroatoms. The Bertz CT molecular complexity index is 964. The van der Waals surface area contributed by atoms with E-state index in [0.717, 1.165) is 6.07 Å². The van der Waals surface area contributed by atoms with Gasteiger partial charge in [-0.1, -0.05) is 42.5 Å². The van der Waals surface area contributed by atoms with Crippen LogP contribution in [0, 0.1) is 0 Å². The molecule has 0 radical (unpaired) electrons. The number of carbonyl (C=O) groups excluding carboxylic acids is 1. The van der Waals surface area contributed by atoms with Crippen LogP contribution in [0.4, 0.5) is 13.2 Å². The van der Waals surface area contributed by atoms with E-state index in [1.807, 2.05) is 19.9 Å². The Morgan fingerprint density at radius 2 is 1.67 bits per heavy atom. The van der Waals surface area contributed by atoms with Crippen LogP contribution in [0.25, 0.3) is 22.2 Å². The molecular formula is C21H19F3N2O. The summed E-state index contributed by atoms with van der Waals surface area (Å²) in [5.74, 6) is -0.302. The summed E-state index contributed by atoms with van der Waals surface area (Å²) < 4.78 is 40.6. The molecule has 2 aromatic carbocycles. The first-order valence-electron chi connectivity index (χ1n) is 8.72. The lowest BCUT2D eigenvalue weighted by Crippen LogP contribution is -2.30. The number of carbonyl (C=O) groups is 1. The highest BCUT2D eigenvalue weighted by Crippen LogP contribution is 2.36. The molecule has 0 fully saturated rings. The van der Waals surface area contributed by atoms with E-state index in [-0.39, 0.29) is 22.4 Å². The molecular weight excluding hydrogens is 353 g/mol. The van der Waals surface area contributed by atoms with Gasteiger partial charge in [0.1, 0.15) is 0 Å². The molecule has 0 aliphatic carbocycles. The Hall–Kier alpha value is -2.89. The highest BCUT2D eigenvalue weighted by Gasteiger charge is 2.34. The first-order valence-corrected chi connectivity index (χ1v) is 8.72. The van der Waals surface area contributed by atoms with Crippen molar-refractivity contribution in [2.75, 3.05) is 13.1 Å². The molecule has 0 N–H and O–H groups in total. The van der Waals surface area contributed by atoms with Crippen molar-refractivity contribution in [2.45, 2.75) is 20.0 Å². The van der Waals surface area contributed by atoms with Gasteiger partial charge in [-0.2, -0.15) is 13.2 Å². The number of alkyl halides is 3. The molecule has 27 heavy (non-hydrogen) atoms. The fourth-order valence-electron chi connectivity index (χ4n) is 3.09. The quantitative estimate of drug-likeness (QED) is 0.614. The van der Waals surface area contributed by atoms with Gasteiger partial charge in [-0.3, -0.25) is 4.79 Å². The minimum absolute atomic E-state index is 0.207. The molecule has 140 valence electrons. The first-order chi connectivity index (χ1) is 12.9. The van der Waals surface area contributed by atoms with Crippen molar-refractivity contribution in [3.05, 3.63) is 65.7 Å². The number of pyridine rings is 1. The van der Waals surface area contributed by atoms with Crippen molar-refractivity contribution in [2.24, 2.45) is 0 Å². The average molecular weight is 372 g/mol. The monoisotopic (exact) mass is 372 g/mol. The number of rotatable bonds is 4. The summed E-state index contributed by atoms with van der Waals surface area (Å²) >= 11 is 0. The molecule has 1 heterocycles. The van der Waals surface area contributed by atoms with Gasteiger partial charge in [-0.25, -0.2) is 4.98 Å². The van der Waals surface area contributed by atoms with Gasteiger partial charge in [0, 0.05) is 24.0 Å². The molecule has 3 aromatic rings. The number of para-hydroxylation sites is 1. The Labute approximate surface area is 155 Å². The third-order valence-corrected chi connectivity index (χ3v) is 4.50. The maximum absolute atomic E-state index is 13.5. The zero-order valence-corrected chi connectivity index (χ0v) is 15.0. The molecule has 3 nitrogen and oxygen atoms in total. The van der Waals surface area contributed by atoms with Crippen molar-refractivity contribution < 1.29 is 18.0 Å². The van der Waals surface area contributed by atoms with E-state index < -0.39 is 11.7 Å². The summed E-state index contributed by atoms with van der Waals surface area (Å²) in [7, 11) is 0. The number of hydrogen-bond donors (Lipinski definition) is 0. The van der Waals surface area contributed by atoms with Crippen LogP contribution in [-0.4, -0.2) is 28.9 Å². The maximum atomic E-state index is 13.5. The largest absolute Gasteiger partial charge is 0.418 e. The molecule has 0 bridgehead atoms. The summed E-state index contributed by atoms with van der Waals surface area (Å²) in [4.78, 5) is 18.8. The lowest BCUT2D eigenvalue weighted by molar-refractivity contribution is -0.136. The van der Waals surface area contributed by atoms with E-state index >= 15 is 0 Å². The van der Waals surface area contributed by atoms with Crippen LogP contribution >= 0.6 is 0 Å². The summed E-state index contributed by atoms with van der Waals surface area (Å²) in [6.07, 6.45) is -4.56. The smallest absolute Gasteiger partial charge is 0.339 e. The number of hydrogen-bond acceptors (Lipinski definition) is 2. The second-order valence-corrected chi connectivity index (χ2v) is 6.10. The van der Waals surface area contributed by atoms with Crippen LogP contribution in [0.5, 0.6) is 0 Å². The first kappa shape index (κ1) is 18.9. The van der Waals surface area contributed by atoms with Gasteiger partial charge >= 0.3 is 6.18 Å². The van der Waals surface area contributed by atoms with Crippen LogP contribution in [0.3, 0.4) is 0 Å². The Morgan fingerprint density at radius 1 is 1.00 bits per heavy atom. The number of benzene rings is 2. The van der Waals surface area contributed by atoms with Crippen molar-refractivity contribution in [3.8, 4) is 11.3 Å². The van der Waals surface area contributed by atoms with Crippen molar-refractivity contribution >= 4 is 16.8 Å². The summed E-state index contributed by atoms with van der Waals surface area (Å²) in [5, 5.41) is 0.210. The lowest BCUT2D eigenvalue weighted by Gasteiger charge is -2.21. The SMILES string of the molecule is CCN(CC)C(=O)c1cc(-c2ccccc2)nc2c(C(F)(F)F)cccc12. The number of aromatic nitrogens is 1. The topological polar surface area (TPSA) is 33.2 Å². The average Bonchev–Trinajstić information content (AvgIpc) is 2.67. The summed E-state index contributed by atoms with van der Waals surface area (Å²) in [6, 6.07) is 14.3. The normalized spacial score (nSPS) is 11.6. The Morgan fingerprint density at radius 3 is 2.26 bits per heavy atom. The number of fused-ring (bicyclic) bond motifs is 1. The molecule has 0 saturated carbocycles. The molecule has 0 saturated heterocycles. The summed E-state index contributed by atoms with van der Waals surface area (Å²) in [6.45, 7) is 4.62. The second kappa shape index (κ2) is 7.39. The van der Waals surface area contributed by atoms with Gasteiger partial charge in [0.05, 0.1) is 22.3 Å². The number of halogens is 3. The Kier molecular flexibility index (Phi) is 5.17. The van der Waals surface area contributed by atoms with Gasteiger partial charge in [0.25, 0.3) is 5.91 Å². The minimum Gasteiger partial charge on any atom is -0.339 e. The highest BCUT2D eigenvalue weighted by molar-refractivity contribution is 6.07. The van der Waals surface area contributed by atoms with Gasteiger partial charge in [0.2, 0.25) is 0 Å². The standard InChI is InChI=1S/C21H19F3N2O/c1-3-26(4-2)20(27)16-13-18(14-9-6-5-7-10-14)25-19-15(16)11-8-12-17(19)21(22,23)24/h5-13H,3-4H2,1-2H3. The third-order valence-electron chi connectivity index (χ3n) is 4.50. The Balaban J connectivity index is 2.34. The zero-order valence-electron chi connectivity index (χ0n) is 15.0. The highest BCUT2D eigenvalue weighted by atomic mass is 19.4. The summed E-state index contributed by atoms with van der Waals surface area (Å²) in [5.41, 5.74) is 0.183. The van der Waals surface area contributed by atoms with E-state index in [4.69, 9.17) is 0 Å². The molecule has 0 spiro atoms. The van der Waals surface area contributed by atoms with E-state index in [1.165, 1.54) is 12.1 Å².